The first-order valence-corrected chi connectivity index (χ1v) is 7.71. The number of thioether (sulfide) groups is 1. The highest BCUT2D eigenvalue weighted by Crippen LogP contribution is 2.24. The van der Waals surface area contributed by atoms with Crippen molar-refractivity contribution >= 4 is 11.8 Å². The standard InChI is InChI=1S/C14H18N2O2S/c1-10-3-4-13(17-10)14-15-12(11(2)18-14)9-16-5-7-19-8-6-16/h3-4H,5-9H2,1-2H3. The lowest BCUT2D eigenvalue weighted by molar-refractivity contribution is 0.289. The average Bonchev–Trinajstić information content (AvgIpc) is 2.98. The van der Waals surface area contributed by atoms with Crippen LogP contribution in [0, 0.1) is 13.8 Å². The molecule has 0 radical (unpaired) electrons. The van der Waals surface area contributed by atoms with Crippen LogP contribution in [0.3, 0.4) is 0 Å². The minimum absolute atomic E-state index is 0.590. The molecule has 19 heavy (non-hydrogen) atoms. The Balaban J connectivity index is 1.77. The van der Waals surface area contributed by atoms with Gasteiger partial charge in [0, 0.05) is 31.1 Å². The quantitative estimate of drug-likeness (QED) is 0.863. The number of nitrogens with zero attached hydrogens (tertiary/aromatic N) is 2. The number of hydrogen-bond donors (Lipinski definition) is 0. The molecule has 0 aliphatic carbocycles. The molecule has 0 atom stereocenters. The zero-order valence-electron chi connectivity index (χ0n) is 11.3. The van der Waals surface area contributed by atoms with Gasteiger partial charge in [-0.2, -0.15) is 11.8 Å². The van der Waals surface area contributed by atoms with Crippen molar-refractivity contribution in [1.29, 1.82) is 0 Å². The summed E-state index contributed by atoms with van der Waals surface area (Å²) in [5.74, 6) is 5.48. The van der Waals surface area contributed by atoms with Gasteiger partial charge in [0.15, 0.2) is 5.76 Å². The average molecular weight is 278 g/mol. The predicted octanol–water partition coefficient (Wildman–Crippen LogP) is 3.10. The van der Waals surface area contributed by atoms with Gasteiger partial charge in [-0.05, 0) is 26.0 Å². The van der Waals surface area contributed by atoms with E-state index in [1.54, 1.807) is 0 Å². The zero-order chi connectivity index (χ0) is 13.2. The molecule has 4 nitrogen and oxygen atoms in total. The third-order valence-electron chi connectivity index (χ3n) is 3.32. The van der Waals surface area contributed by atoms with E-state index in [0.29, 0.717) is 11.7 Å². The Morgan fingerprint density at radius 1 is 1.21 bits per heavy atom. The molecular weight excluding hydrogens is 260 g/mol. The van der Waals surface area contributed by atoms with E-state index in [0.717, 1.165) is 36.8 Å². The van der Waals surface area contributed by atoms with Crippen LogP contribution in [0.4, 0.5) is 0 Å². The third-order valence-corrected chi connectivity index (χ3v) is 4.26. The number of aromatic nitrogens is 1. The fourth-order valence-corrected chi connectivity index (χ4v) is 3.18. The second kappa shape index (κ2) is 5.43. The lowest BCUT2D eigenvalue weighted by Crippen LogP contribution is -2.32. The van der Waals surface area contributed by atoms with Crippen molar-refractivity contribution in [3.8, 4) is 11.7 Å². The Kier molecular flexibility index (Phi) is 3.66. The van der Waals surface area contributed by atoms with Crippen LogP contribution in [-0.4, -0.2) is 34.5 Å². The van der Waals surface area contributed by atoms with Crippen LogP contribution < -0.4 is 0 Å². The van der Waals surface area contributed by atoms with Crippen LogP contribution in [0.15, 0.2) is 21.0 Å². The first-order chi connectivity index (χ1) is 9.22. The van der Waals surface area contributed by atoms with E-state index in [1.807, 2.05) is 37.7 Å². The monoisotopic (exact) mass is 278 g/mol. The summed E-state index contributed by atoms with van der Waals surface area (Å²) in [6.07, 6.45) is 0. The van der Waals surface area contributed by atoms with Crippen LogP contribution in [0.25, 0.3) is 11.7 Å². The Labute approximate surface area is 117 Å². The fourth-order valence-electron chi connectivity index (χ4n) is 2.20. The van der Waals surface area contributed by atoms with Gasteiger partial charge in [-0.15, -0.1) is 0 Å². The van der Waals surface area contributed by atoms with Crippen LogP contribution in [0.2, 0.25) is 0 Å². The number of rotatable bonds is 3. The summed E-state index contributed by atoms with van der Waals surface area (Å²) in [6, 6.07) is 3.83. The molecule has 0 N–H and O–H groups in total. The number of oxazole rings is 1. The van der Waals surface area contributed by atoms with Crippen LogP contribution in [0.5, 0.6) is 0 Å². The molecule has 1 fully saturated rings. The van der Waals surface area contributed by atoms with E-state index in [4.69, 9.17) is 8.83 Å². The van der Waals surface area contributed by atoms with Gasteiger partial charge < -0.3 is 8.83 Å². The predicted molar refractivity (Wildman–Crippen MR) is 76.3 cm³/mol. The Bertz CT molecular complexity index is 556. The summed E-state index contributed by atoms with van der Waals surface area (Å²) in [5.41, 5.74) is 1.02. The van der Waals surface area contributed by atoms with E-state index in [1.165, 1.54) is 11.5 Å². The van der Waals surface area contributed by atoms with Crippen molar-refractivity contribution < 1.29 is 8.83 Å². The summed E-state index contributed by atoms with van der Waals surface area (Å²) in [4.78, 5) is 7.01. The highest BCUT2D eigenvalue weighted by atomic mass is 32.2. The van der Waals surface area contributed by atoms with Crippen molar-refractivity contribution in [2.45, 2.75) is 20.4 Å². The summed E-state index contributed by atoms with van der Waals surface area (Å²) < 4.78 is 11.3. The largest absolute Gasteiger partial charge is 0.456 e. The second-order valence-corrected chi connectivity index (χ2v) is 6.05. The number of hydrogen-bond acceptors (Lipinski definition) is 5. The van der Waals surface area contributed by atoms with Gasteiger partial charge in [-0.3, -0.25) is 4.90 Å². The van der Waals surface area contributed by atoms with E-state index < -0.39 is 0 Å². The first kappa shape index (κ1) is 12.8. The minimum Gasteiger partial charge on any atom is -0.456 e. The SMILES string of the molecule is Cc1ccc(-c2nc(CN3CCSCC3)c(C)o2)o1. The van der Waals surface area contributed by atoms with E-state index in [9.17, 15) is 0 Å². The smallest absolute Gasteiger partial charge is 0.263 e. The van der Waals surface area contributed by atoms with Crippen molar-refractivity contribution in [2.24, 2.45) is 0 Å². The molecule has 3 heterocycles. The molecule has 1 aliphatic heterocycles. The van der Waals surface area contributed by atoms with Crippen molar-refractivity contribution in [1.82, 2.24) is 9.88 Å². The van der Waals surface area contributed by atoms with Gasteiger partial charge >= 0.3 is 0 Å². The topological polar surface area (TPSA) is 42.4 Å². The molecule has 0 aromatic carbocycles. The van der Waals surface area contributed by atoms with Crippen LogP contribution in [-0.2, 0) is 6.54 Å². The number of aryl methyl sites for hydroxylation is 2. The summed E-state index contributed by atoms with van der Waals surface area (Å²) in [5, 5.41) is 0. The van der Waals surface area contributed by atoms with E-state index in [-0.39, 0.29) is 0 Å². The maximum absolute atomic E-state index is 5.72. The van der Waals surface area contributed by atoms with E-state index in [2.05, 4.69) is 9.88 Å². The molecule has 3 rings (SSSR count). The Morgan fingerprint density at radius 3 is 2.68 bits per heavy atom. The maximum atomic E-state index is 5.72. The summed E-state index contributed by atoms with van der Waals surface area (Å²) >= 11 is 2.02. The van der Waals surface area contributed by atoms with Crippen LogP contribution >= 0.6 is 11.8 Å². The molecule has 1 saturated heterocycles. The van der Waals surface area contributed by atoms with Gasteiger partial charge in [-0.25, -0.2) is 4.98 Å². The summed E-state index contributed by atoms with van der Waals surface area (Å²) in [7, 11) is 0. The normalized spacial score (nSPS) is 16.9. The summed E-state index contributed by atoms with van der Waals surface area (Å²) in [6.45, 7) is 7.03. The molecule has 0 unspecified atom stereocenters. The van der Waals surface area contributed by atoms with Crippen molar-refractivity contribution in [3.05, 3.63) is 29.3 Å². The first-order valence-electron chi connectivity index (χ1n) is 6.55. The maximum Gasteiger partial charge on any atom is 0.263 e. The van der Waals surface area contributed by atoms with Gasteiger partial charge in [-0.1, -0.05) is 0 Å². The molecule has 2 aromatic rings. The minimum atomic E-state index is 0.590. The molecule has 0 bridgehead atoms. The van der Waals surface area contributed by atoms with Gasteiger partial charge in [0.25, 0.3) is 5.89 Å². The Morgan fingerprint density at radius 2 is 2.00 bits per heavy atom. The second-order valence-electron chi connectivity index (χ2n) is 4.82. The van der Waals surface area contributed by atoms with Crippen molar-refractivity contribution in [3.63, 3.8) is 0 Å². The van der Waals surface area contributed by atoms with Gasteiger partial charge in [0.1, 0.15) is 11.5 Å². The Hall–Kier alpha value is -1.20. The zero-order valence-corrected chi connectivity index (χ0v) is 12.1. The lowest BCUT2D eigenvalue weighted by Gasteiger charge is -2.25. The molecular formula is C14H18N2O2S. The van der Waals surface area contributed by atoms with Gasteiger partial charge in [0.2, 0.25) is 0 Å². The van der Waals surface area contributed by atoms with Crippen molar-refractivity contribution in [2.75, 3.05) is 24.6 Å². The highest BCUT2D eigenvalue weighted by Gasteiger charge is 2.18. The highest BCUT2D eigenvalue weighted by molar-refractivity contribution is 7.99. The molecule has 1 aliphatic rings. The van der Waals surface area contributed by atoms with Crippen LogP contribution in [0.1, 0.15) is 17.2 Å². The molecule has 5 heteroatoms. The fraction of sp³-hybridized carbons (Fsp3) is 0.500. The number of furan rings is 1. The molecule has 0 spiro atoms. The lowest BCUT2D eigenvalue weighted by atomic mass is 10.3. The third kappa shape index (κ3) is 2.87. The molecule has 0 amide bonds. The van der Waals surface area contributed by atoms with E-state index >= 15 is 0 Å². The van der Waals surface area contributed by atoms with Gasteiger partial charge in [0.05, 0.1) is 5.69 Å². The molecule has 102 valence electrons. The molecule has 2 aromatic heterocycles. The molecule has 0 saturated carbocycles.